The first-order chi connectivity index (χ1) is 19.0. The average Bonchev–Trinajstić information content (AvgIpc) is 3.51. The molecule has 0 radical (unpaired) electrons. The van der Waals surface area contributed by atoms with Crippen LogP contribution in [0.15, 0.2) is 72.8 Å². The summed E-state index contributed by atoms with van der Waals surface area (Å²) >= 11 is 0. The molecule has 4 aromatic rings. The lowest BCUT2D eigenvalue weighted by Gasteiger charge is -2.18. The van der Waals surface area contributed by atoms with Gasteiger partial charge >= 0.3 is 0 Å². The van der Waals surface area contributed by atoms with Crippen LogP contribution < -0.4 is 10.6 Å². The fourth-order valence-electron chi connectivity index (χ4n) is 4.36. The molecule has 202 valence electrons. The van der Waals surface area contributed by atoms with Crippen LogP contribution in [0.1, 0.15) is 36.7 Å². The number of hydrogen-bond acceptors (Lipinski definition) is 6. The van der Waals surface area contributed by atoms with E-state index in [1.807, 2.05) is 73.7 Å². The van der Waals surface area contributed by atoms with Crippen LogP contribution in [0.25, 0.3) is 22.5 Å². The van der Waals surface area contributed by atoms with Gasteiger partial charge in [-0.1, -0.05) is 57.2 Å². The first-order valence-electron chi connectivity index (χ1n) is 13.3. The Kier molecular flexibility index (Phi) is 9.53. The highest BCUT2D eigenvalue weighted by atomic mass is 16.2. The van der Waals surface area contributed by atoms with E-state index in [4.69, 9.17) is 0 Å². The first-order valence-corrected chi connectivity index (χ1v) is 13.3. The Morgan fingerprint density at radius 3 is 2.31 bits per heavy atom. The number of likely N-dealkylation sites (N-methyl/N-ethyl adjacent to an activating group) is 1. The molecule has 0 bridgehead atoms. The van der Waals surface area contributed by atoms with Crippen LogP contribution in [0.2, 0.25) is 0 Å². The monoisotopic (exact) mass is 525 g/mol. The maximum absolute atomic E-state index is 12.8. The molecule has 1 heterocycles. The first kappa shape index (κ1) is 27.7. The number of carbonyl (C=O) groups excluding carboxylic acids is 2. The van der Waals surface area contributed by atoms with E-state index in [1.54, 1.807) is 0 Å². The lowest BCUT2D eigenvalue weighted by Crippen LogP contribution is -2.34. The molecule has 0 saturated carbocycles. The van der Waals surface area contributed by atoms with Crippen molar-refractivity contribution in [2.24, 2.45) is 5.92 Å². The number of carbonyl (C=O) groups is 2. The number of amides is 2. The van der Waals surface area contributed by atoms with Gasteiger partial charge in [0.05, 0.1) is 0 Å². The molecule has 1 atom stereocenters. The normalized spacial score (nSPS) is 11.8. The number of aromatic nitrogens is 4. The summed E-state index contributed by atoms with van der Waals surface area (Å²) in [6.45, 7) is 9.57. The predicted octanol–water partition coefficient (Wildman–Crippen LogP) is 4.42. The molecule has 0 spiro atoms. The smallest absolute Gasteiger partial charge is 0.251 e. The minimum absolute atomic E-state index is 0.0518. The number of benzene rings is 3. The van der Waals surface area contributed by atoms with Crippen molar-refractivity contribution in [3.8, 4) is 22.5 Å². The quantitative estimate of drug-likeness (QED) is 0.252. The highest BCUT2D eigenvalue weighted by molar-refractivity contribution is 5.94. The summed E-state index contributed by atoms with van der Waals surface area (Å²) in [6, 6.07) is 23.2. The molecule has 9 nitrogen and oxygen atoms in total. The van der Waals surface area contributed by atoms with Gasteiger partial charge in [0, 0.05) is 35.8 Å². The van der Waals surface area contributed by atoms with E-state index in [0.717, 1.165) is 41.9 Å². The molecule has 3 N–H and O–H groups in total. The molecule has 0 unspecified atom stereocenters. The van der Waals surface area contributed by atoms with Gasteiger partial charge < -0.3 is 15.5 Å². The van der Waals surface area contributed by atoms with Crippen LogP contribution >= 0.6 is 0 Å². The number of anilines is 1. The zero-order valence-electron chi connectivity index (χ0n) is 22.6. The van der Waals surface area contributed by atoms with Crippen LogP contribution in [0, 0.1) is 5.92 Å². The van der Waals surface area contributed by atoms with E-state index in [-0.39, 0.29) is 17.7 Å². The summed E-state index contributed by atoms with van der Waals surface area (Å²) in [7, 11) is 0. The van der Waals surface area contributed by atoms with Gasteiger partial charge in [-0.2, -0.15) is 5.21 Å². The summed E-state index contributed by atoms with van der Waals surface area (Å²) in [4.78, 5) is 27.6. The summed E-state index contributed by atoms with van der Waals surface area (Å²) in [5, 5.41) is 19.9. The fourth-order valence-corrected chi connectivity index (χ4v) is 4.36. The second kappa shape index (κ2) is 13.4. The Hall–Kier alpha value is -4.37. The lowest BCUT2D eigenvalue weighted by atomic mass is 9.96. The Bertz CT molecular complexity index is 1350. The van der Waals surface area contributed by atoms with Gasteiger partial charge in [0.15, 0.2) is 0 Å². The Morgan fingerprint density at radius 2 is 1.64 bits per heavy atom. The van der Waals surface area contributed by atoms with Crippen molar-refractivity contribution in [1.82, 2.24) is 30.8 Å². The average molecular weight is 526 g/mol. The van der Waals surface area contributed by atoms with Crippen LogP contribution in [0.5, 0.6) is 0 Å². The van der Waals surface area contributed by atoms with Crippen molar-refractivity contribution in [3.05, 3.63) is 83.9 Å². The number of H-pyrrole nitrogens is 1. The van der Waals surface area contributed by atoms with E-state index in [1.165, 1.54) is 0 Å². The molecule has 0 saturated heterocycles. The van der Waals surface area contributed by atoms with Crippen LogP contribution in [-0.2, 0) is 11.2 Å². The zero-order chi connectivity index (χ0) is 27.6. The molecule has 4 rings (SSSR count). The summed E-state index contributed by atoms with van der Waals surface area (Å²) in [5.74, 6) is 0.167. The molecule has 39 heavy (non-hydrogen) atoms. The summed E-state index contributed by atoms with van der Waals surface area (Å²) in [6.07, 6.45) is 0.605. The van der Waals surface area contributed by atoms with Gasteiger partial charge in [-0.3, -0.25) is 9.59 Å². The molecule has 3 aromatic carbocycles. The van der Waals surface area contributed by atoms with Gasteiger partial charge in [-0.15, -0.1) is 10.2 Å². The number of tetrazole rings is 1. The van der Waals surface area contributed by atoms with Crippen LogP contribution in [-0.4, -0.2) is 63.5 Å². The summed E-state index contributed by atoms with van der Waals surface area (Å²) < 4.78 is 0. The number of rotatable bonds is 12. The van der Waals surface area contributed by atoms with Crippen molar-refractivity contribution in [2.45, 2.75) is 27.2 Å². The van der Waals surface area contributed by atoms with Crippen molar-refractivity contribution in [3.63, 3.8) is 0 Å². The molecule has 0 aliphatic heterocycles. The minimum Gasteiger partial charge on any atom is -0.351 e. The zero-order valence-corrected chi connectivity index (χ0v) is 22.6. The molecule has 0 fully saturated rings. The number of nitrogens with one attached hydrogen (secondary N) is 3. The Morgan fingerprint density at radius 1 is 0.923 bits per heavy atom. The SMILES string of the molecule is CCN(CC)CCNC(=O)c1ccc(-c2cccc(C[C@H](C)C(=O)Nc3ccc(-c4nn[nH]n4)cc3)c2)cc1. The highest BCUT2D eigenvalue weighted by Crippen LogP contribution is 2.23. The maximum Gasteiger partial charge on any atom is 0.251 e. The second-order valence-corrected chi connectivity index (χ2v) is 9.47. The van der Waals surface area contributed by atoms with Gasteiger partial charge in [0.2, 0.25) is 11.7 Å². The predicted molar refractivity (Wildman–Crippen MR) is 153 cm³/mol. The third-order valence-electron chi connectivity index (χ3n) is 6.76. The van der Waals surface area contributed by atoms with Gasteiger partial charge in [-0.25, -0.2) is 0 Å². The Balaban J connectivity index is 1.32. The molecule has 1 aromatic heterocycles. The van der Waals surface area contributed by atoms with E-state index in [2.05, 4.69) is 56.1 Å². The molecule has 0 aliphatic rings. The fraction of sp³-hybridized carbons (Fsp3) is 0.300. The third kappa shape index (κ3) is 7.58. The number of nitrogens with zero attached hydrogens (tertiary/aromatic N) is 4. The van der Waals surface area contributed by atoms with Crippen molar-refractivity contribution in [2.75, 3.05) is 31.5 Å². The standard InChI is InChI=1S/C30H35N7O2/c1-4-37(5-2)18-17-31-30(39)25-11-9-23(10-12-25)26-8-6-7-22(20-26)19-21(3)29(38)32-27-15-13-24(14-16-27)28-33-35-36-34-28/h6-16,20-21H,4-5,17-19H2,1-3H3,(H,31,39)(H,32,38)(H,33,34,35,36)/t21-/m0/s1. The molecule has 2 amide bonds. The Labute approximate surface area is 229 Å². The molecule has 0 aliphatic carbocycles. The highest BCUT2D eigenvalue weighted by Gasteiger charge is 2.15. The van der Waals surface area contributed by atoms with E-state index < -0.39 is 0 Å². The maximum atomic E-state index is 12.8. The van der Waals surface area contributed by atoms with E-state index in [9.17, 15) is 9.59 Å². The van der Waals surface area contributed by atoms with Crippen LogP contribution in [0.3, 0.4) is 0 Å². The van der Waals surface area contributed by atoms with Crippen LogP contribution in [0.4, 0.5) is 5.69 Å². The van der Waals surface area contributed by atoms with E-state index in [0.29, 0.717) is 30.0 Å². The molecular weight excluding hydrogens is 490 g/mol. The number of aromatic amines is 1. The van der Waals surface area contributed by atoms with Crippen molar-refractivity contribution >= 4 is 17.5 Å². The van der Waals surface area contributed by atoms with Crippen molar-refractivity contribution in [1.29, 1.82) is 0 Å². The molecular formula is C30H35N7O2. The van der Waals surface area contributed by atoms with Gasteiger partial charge in [0.1, 0.15) is 0 Å². The van der Waals surface area contributed by atoms with E-state index >= 15 is 0 Å². The van der Waals surface area contributed by atoms with Crippen molar-refractivity contribution < 1.29 is 9.59 Å². The van der Waals surface area contributed by atoms with Gasteiger partial charge in [0.25, 0.3) is 5.91 Å². The minimum atomic E-state index is -0.223. The second-order valence-electron chi connectivity index (χ2n) is 9.47. The summed E-state index contributed by atoms with van der Waals surface area (Å²) in [5.41, 5.74) is 5.31. The topological polar surface area (TPSA) is 116 Å². The number of hydrogen-bond donors (Lipinski definition) is 3. The third-order valence-corrected chi connectivity index (χ3v) is 6.76. The largest absolute Gasteiger partial charge is 0.351 e. The molecule has 9 heteroatoms. The lowest BCUT2D eigenvalue weighted by molar-refractivity contribution is -0.119. The van der Waals surface area contributed by atoms with Gasteiger partial charge in [-0.05, 0) is 77.8 Å².